The van der Waals surface area contributed by atoms with Gasteiger partial charge >= 0.3 is 0 Å². The monoisotopic (exact) mass is 334 g/mol. The maximum atomic E-state index is 11.9. The third kappa shape index (κ3) is 2.73. The van der Waals surface area contributed by atoms with E-state index < -0.39 is 10.0 Å². The molecule has 1 aromatic heterocycles. The molecule has 90 valence electrons. The molecule has 6 nitrogen and oxygen atoms in total. The van der Waals surface area contributed by atoms with E-state index in [0.717, 1.165) is 11.3 Å². The molecule has 2 rings (SSSR count). The molecule has 9 heteroatoms. The van der Waals surface area contributed by atoms with Crippen molar-refractivity contribution in [2.75, 3.05) is 10.5 Å². The zero-order valence-corrected chi connectivity index (χ0v) is 11.5. The second-order valence-corrected chi connectivity index (χ2v) is 6.40. The third-order valence-electron chi connectivity index (χ3n) is 1.86. The molecule has 0 atom stereocenters. The van der Waals surface area contributed by atoms with Gasteiger partial charge in [0.1, 0.15) is 5.51 Å². The number of nitrogens with one attached hydrogen (secondary N) is 1. The Kier molecular flexibility index (Phi) is 3.31. The summed E-state index contributed by atoms with van der Waals surface area (Å²) in [5.74, 6) is 0. The molecule has 0 aliphatic carbocycles. The highest BCUT2D eigenvalue weighted by molar-refractivity contribution is 9.10. The second-order valence-electron chi connectivity index (χ2n) is 3.03. The van der Waals surface area contributed by atoms with E-state index in [0.29, 0.717) is 10.2 Å². The van der Waals surface area contributed by atoms with E-state index in [1.54, 1.807) is 6.07 Å². The van der Waals surface area contributed by atoms with Gasteiger partial charge in [-0.05, 0) is 34.1 Å². The summed E-state index contributed by atoms with van der Waals surface area (Å²) in [6.45, 7) is 0. The molecule has 0 unspecified atom stereocenters. The van der Waals surface area contributed by atoms with Crippen molar-refractivity contribution in [2.45, 2.75) is 4.90 Å². The summed E-state index contributed by atoms with van der Waals surface area (Å²) in [5, 5.41) is 7.36. The van der Waals surface area contributed by atoms with Crippen molar-refractivity contribution in [3.8, 4) is 0 Å². The van der Waals surface area contributed by atoms with Gasteiger partial charge in [0, 0.05) is 10.2 Å². The van der Waals surface area contributed by atoms with Crippen LogP contribution >= 0.6 is 27.3 Å². The van der Waals surface area contributed by atoms with E-state index in [9.17, 15) is 8.42 Å². The first kappa shape index (κ1) is 12.3. The molecule has 0 spiro atoms. The van der Waals surface area contributed by atoms with Gasteiger partial charge in [0.2, 0.25) is 5.13 Å². The number of rotatable bonds is 3. The number of nitrogens with zero attached hydrogens (tertiary/aromatic N) is 2. The summed E-state index contributed by atoms with van der Waals surface area (Å²) >= 11 is 4.30. The number of halogens is 1. The van der Waals surface area contributed by atoms with Gasteiger partial charge in [-0.3, -0.25) is 4.72 Å². The summed E-state index contributed by atoms with van der Waals surface area (Å²) in [5.41, 5.74) is 7.42. The first-order chi connectivity index (χ1) is 7.99. The minimum absolute atomic E-state index is 0.0772. The minimum atomic E-state index is -3.67. The van der Waals surface area contributed by atoms with Gasteiger partial charge < -0.3 is 5.73 Å². The smallest absolute Gasteiger partial charge is 0.263 e. The van der Waals surface area contributed by atoms with Crippen molar-refractivity contribution >= 4 is 48.1 Å². The fourth-order valence-electron chi connectivity index (χ4n) is 1.08. The molecule has 0 saturated carbocycles. The molecule has 0 aliphatic heterocycles. The van der Waals surface area contributed by atoms with Gasteiger partial charge in [0.25, 0.3) is 10.0 Å². The van der Waals surface area contributed by atoms with Crippen molar-refractivity contribution in [1.29, 1.82) is 0 Å². The van der Waals surface area contributed by atoms with E-state index >= 15 is 0 Å². The topological polar surface area (TPSA) is 98.0 Å². The third-order valence-corrected chi connectivity index (χ3v) is 4.65. The molecule has 1 aromatic carbocycles. The minimum Gasteiger partial charge on any atom is -0.398 e. The molecule has 1 heterocycles. The standard InChI is InChI=1S/C8H7BrN4O2S2/c9-6-2-1-5(3-7(6)10)17(14,15)13-8-12-11-4-16-8/h1-4H,10H2,(H,12,13). The van der Waals surface area contributed by atoms with E-state index in [1.807, 2.05) is 0 Å². The van der Waals surface area contributed by atoms with Gasteiger partial charge in [-0.2, -0.15) is 0 Å². The lowest BCUT2D eigenvalue weighted by Crippen LogP contribution is -2.13. The zero-order valence-electron chi connectivity index (χ0n) is 8.29. The van der Waals surface area contributed by atoms with Gasteiger partial charge in [0.15, 0.2) is 0 Å². The van der Waals surface area contributed by atoms with Crippen LogP contribution in [0.2, 0.25) is 0 Å². The summed E-state index contributed by atoms with van der Waals surface area (Å²) < 4.78 is 26.8. The lowest BCUT2D eigenvalue weighted by Gasteiger charge is -2.06. The highest BCUT2D eigenvalue weighted by Gasteiger charge is 2.16. The van der Waals surface area contributed by atoms with Crippen molar-refractivity contribution in [1.82, 2.24) is 10.2 Å². The molecule has 0 radical (unpaired) electrons. The van der Waals surface area contributed by atoms with Gasteiger partial charge in [-0.15, -0.1) is 10.2 Å². The Balaban J connectivity index is 2.35. The molecule has 0 fully saturated rings. The molecular formula is C8H7BrN4O2S2. The Labute approximate surface area is 110 Å². The fourth-order valence-corrected chi connectivity index (χ4v) is 3.05. The largest absolute Gasteiger partial charge is 0.398 e. The number of hydrogen-bond donors (Lipinski definition) is 2. The number of sulfonamides is 1. The summed E-state index contributed by atoms with van der Waals surface area (Å²) in [7, 11) is -3.67. The van der Waals surface area contributed by atoms with E-state index in [2.05, 4.69) is 30.8 Å². The van der Waals surface area contributed by atoms with Crippen LogP contribution < -0.4 is 10.5 Å². The van der Waals surface area contributed by atoms with Gasteiger partial charge in [0.05, 0.1) is 4.90 Å². The van der Waals surface area contributed by atoms with Crippen LogP contribution in [0, 0.1) is 0 Å². The normalized spacial score (nSPS) is 11.4. The fraction of sp³-hybridized carbons (Fsp3) is 0. The van der Waals surface area contributed by atoms with Crippen LogP contribution in [0.25, 0.3) is 0 Å². The number of anilines is 2. The van der Waals surface area contributed by atoms with Crippen molar-refractivity contribution in [3.05, 3.63) is 28.2 Å². The summed E-state index contributed by atoms with van der Waals surface area (Å²) in [4.78, 5) is 0.0772. The van der Waals surface area contributed by atoms with Crippen LogP contribution in [0.5, 0.6) is 0 Å². The van der Waals surface area contributed by atoms with E-state index in [-0.39, 0.29) is 10.0 Å². The summed E-state index contributed by atoms with van der Waals surface area (Å²) in [6.07, 6.45) is 0. The Morgan fingerprint density at radius 2 is 2.18 bits per heavy atom. The predicted molar refractivity (Wildman–Crippen MR) is 69.3 cm³/mol. The van der Waals surface area contributed by atoms with Crippen molar-refractivity contribution in [2.24, 2.45) is 0 Å². The number of nitrogen functional groups attached to an aromatic ring is 1. The van der Waals surface area contributed by atoms with Crippen LogP contribution in [-0.4, -0.2) is 18.6 Å². The van der Waals surface area contributed by atoms with E-state index in [1.165, 1.54) is 17.6 Å². The molecule has 3 N–H and O–H groups in total. The highest BCUT2D eigenvalue weighted by atomic mass is 79.9. The van der Waals surface area contributed by atoms with Crippen LogP contribution in [-0.2, 0) is 10.0 Å². The van der Waals surface area contributed by atoms with Crippen molar-refractivity contribution in [3.63, 3.8) is 0 Å². The Bertz CT molecular complexity index is 627. The number of hydrogen-bond acceptors (Lipinski definition) is 6. The SMILES string of the molecule is Nc1cc(S(=O)(=O)Nc2nncs2)ccc1Br. The van der Waals surface area contributed by atoms with E-state index in [4.69, 9.17) is 5.73 Å². The van der Waals surface area contributed by atoms with Crippen LogP contribution in [0.1, 0.15) is 0 Å². The van der Waals surface area contributed by atoms with Crippen LogP contribution in [0.3, 0.4) is 0 Å². The van der Waals surface area contributed by atoms with Gasteiger partial charge in [-0.1, -0.05) is 11.3 Å². The maximum absolute atomic E-state index is 11.9. The van der Waals surface area contributed by atoms with Crippen LogP contribution in [0.4, 0.5) is 10.8 Å². The lowest BCUT2D eigenvalue weighted by molar-refractivity contribution is 0.601. The quantitative estimate of drug-likeness (QED) is 0.832. The van der Waals surface area contributed by atoms with Crippen molar-refractivity contribution < 1.29 is 8.42 Å². The highest BCUT2D eigenvalue weighted by Crippen LogP contribution is 2.24. The molecule has 0 amide bonds. The Morgan fingerprint density at radius 3 is 2.76 bits per heavy atom. The first-order valence-electron chi connectivity index (χ1n) is 4.33. The Hall–Kier alpha value is -1.19. The zero-order chi connectivity index (χ0) is 12.5. The average Bonchev–Trinajstić information content (AvgIpc) is 2.73. The van der Waals surface area contributed by atoms with Gasteiger partial charge in [-0.25, -0.2) is 8.42 Å². The predicted octanol–water partition coefficient (Wildman–Crippen LogP) is 1.68. The van der Waals surface area contributed by atoms with Crippen LogP contribution in [0.15, 0.2) is 33.1 Å². The molecule has 2 aromatic rings. The lowest BCUT2D eigenvalue weighted by atomic mass is 10.3. The molecule has 0 saturated heterocycles. The molecular weight excluding hydrogens is 328 g/mol. The molecule has 0 bridgehead atoms. The summed E-state index contributed by atoms with van der Waals surface area (Å²) in [6, 6.07) is 4.39. The second kappa shape index (κ2) is 4.59. The number of benzene rings is 1. The first-order valence-corrected chi connectivity index (χ1v) is 7.48. The maximum Gasteiger partial charge on any atom is 0.263 e. The molecule has 17 heavy (non-hydrogen) atoms. The Morgan fingerprint density at radius 1 is 1.41 bits per heavy atom. The number of nitrogens with two attached hydrogens (primary N) is 1. The molecule has 0 aliphatic rings. The number of aromatic nitrogens is 2. The average molecular weight is 335 g/mol.